The molecule has 1 rings (SSSR count). The number of pyridine rings is 1. The Kier molecular flexibility index (Phi) is 7.81. The van der Waals surface area contributed by atoms with Crippen molar-refractivity contribution < 1.29 is 8.42 Å². The monoisotopic (exact) mass is 314 g/mol. The van der Waals surface area contributed by atoms with Crippen molar-refractivity contribution in [1.82, 2.24) is 18.9 Å². The van der Waals surface area contributed by atoms with Crippen molar-refractivity contribution in [3.63, 3.8) is 0 Å². The lowest BCUT2D eigenvalue weighted by atomic mass is 10.3. The molecule has 0 aliphatic carbocycles. The molecule has 0 aromatic carbocycles. The molecule has 1 heterocycles. The van der Waals surface area contributed by atoms with Crippen LogP contribution in [0, 0.1) is 0 Å². The van der Waals surface area contributed by atoms with E-state index in [1.807, 2.05) is 6.07 Å². The lowest BCUT2D eigenvalue weighted by Crippen LogP contribution is -2.40. The lowest BCUT2D eigenvalue weighted by Gasteiger charge is -2.24. The predicted octanol–water partition coefficient (Wildman–Crippen LogP) is 1.08. The van der Waals surface area contributed by atoms with Crippen molar-refractivity contribution in [1.29, 1.82) is 0 Å². The molecule has 0 atom stereocenters. The van der Waals surface area contributed by atoms with Gasteiger partial charge in [0.2, 0.25) is 0 Å². The van der Waals surface area contributed by atoms with Gasteiger partial charge in [-0.3, -0.25) is 4.98 Å². The Morgan fingerprint density at radius 2 is 2.00 bits per heavy atom. The van der Waals surface area contributed by atoms with E-state index in [0.717, 1.165) is 31.5 Å². The minimum Gasteiger partial charge on any atom is -0.317 e. The molecule has 1 aromatic heterocycles. The molecule has 0 radical (unpaired) electrons. The fourth-order valence-corrected chi connectivity index (χ4v) is 3.06. The van der Waals surface area contributed by atoms with Gasteiger partial charge in [0.25, 0.3) is 10.2 Å². The third-order valence-electron chi connectivity index (χ3n) is 3.17. The van der Waals surface area contributed by atoms with Crippen molar-refractivity contribution >= 4 is 10.2 Å². The second kappa shape index (κ2) is 9.09. The van der Waals surface area contributed by atoms with Crippen LogP contribution in [0.1, 0.15) is 25.3 Å². The van der Waals surface area contributed by atoms with Gasteiger partial charge in [-0.1, -0.05) is 13.0 Å². The van der Waals surface area contributed by atoms with Crippen LogP contribution in [0.3, 0.4) is 0 Å². The summed E-state index contributed by atoms with van der Waals surface area (Å²) in [6.45, 7) is 4.75. The zero-order valence-electron chi connectivity index (χ0n) is 13.1. The fourth-order valence-electron chi connectivity index (χ4n) is 1.91. The van der Waals surface area contributed by atoms with Crippen molar-refractivity contribution in [3.05, 3.63) is 30.1 Å². The van der Waals surface area contributed by atoms with Crippen LogP contribution in [0.5, 0.6) is 0 Å². The molecular weight excluding hydrogens is 288 g/mol. The van der Waals surface area contributed by atoms with Crippen molar-refractivity contribution in [2.24, 2.45) is 0 Å². The molecule has 1 N–H and O–H groups in total. The van der Waals surface area contributed by atoms with E-state index < -0.39 is 10.2 Å². The van der Waals surface area contributed by atoms with Crippen LogP contribution in [0.15, 0.2) is 24.5 Å². The third-order valence-corrected chi connectivity index (χ3v) is 5.06. The topological polar surface area (TPSA) is 65.5 Å². The molecule has 0 unspecified atom stereocenters. The summed E-state index contributed by atoms with van der Waals surface area (Å²) in [6, 6.07) is 3.67. The van der Waals surface area contributed by atoms with E-state index in [4.69, 9.17) is 0 Å². The maximum absolute atomic E-state index is 12.4. The van der Waals surface area contributed by atoms with Gasteiger partial charge in [-0.15, -0.1) is 0 Å². The van der Waals surface area contributed by atoms with Crippen LogP contribution in [0.25, 0.3) is 0 Å². The maximum Gasteiger partial charge on any atom is 0.281 e. The van der Waals surface area contributed by atoms with E-state index in [0.29, 0.717) is 13.1 Å². The van der Waals surface area contributed by atoms with Crippen LogP contribution in [-0.2, 0) is 16.8 Å². The molecule has 120 valence electrons. The predicted molar refractivity (Wildman–Crippen MR) is 85.0 cm³/mol. The standard InChI is InChI=1S/C14H26N4O2S/c1-4-8-15-10-6-11-17(2)21(19,20)18(3)13-14-7-5-9-16-12-14/h5,7,9,12,15H,4,6,8,10-11,13H2,1-3H3. The van der Waals surface area contributed by atoms with Crippen LogP contribution in [0.4, 0.5) is 0 Å². The van der Waals surface area contributed by atoms with E-state index >= 15 is 0 Å². The van der Waals surface area contributed by atoms with Crippen molar-refractivity contribution in [3.8, 4) is 0 Å². The van der Waals surface area contributed by atoms with Gasteiger partial charge in [-0.2, -0.15) is 17.0 Å². The van der Waals surface area contributed by atoms with Gasteiger partial charge in [0.1, 0.15) is 0 Å². The zero-order valence-corrected chi connectivity index (χ0v) is 13.9. The first-order valence-electron chi connectivity index (χ1n) is 7.25. The van der Waals surface area contributed by atoms with Crippen LogP contribution < -0.4 is 5.32 Å². The molecule has 0 spiro atoms. The first kappa shape index (κ1) is 18.0. The first-order chi connectivity index (χ1) is 9.98. The summed E-state index contributed by atoms with van der Waals surface area (Å²) < 4.78 is 27.5. The molecular formula is C14H26N4O2S. The van der Waals surface area contributed by atoms with Gasteiger partial charge >= 0.3 is 0 Å². The van der Waals surface area contributed by atoms with Gasteiger partial charge in [0.15, 0.2) is 0 Å². The zero-order chi connectivity index (χ0) is 15.7. The summed E-state index contributed by atoms with van der Waals surface area (Å²) >= 11 is 0. The highest BCUT2D eigenvalue weighted by Gasteiger charge is 2.23. The normalized spacial score (nSPS) is 12.2. The molecule has 0 saturated carbocycles. The number of nitrogens with one attached hydrogen (secondary N) is 1. The molecule has 6 nitrogen and oxygen atoms in total. The average Bonchev–Trinajstić information content (AvgIpc) is 2.47. The average molecular weight is 314 g/mol. The molecule has 0 saturated heterocycles. The Hall–Kier alpha value is -1.02. The van der Waals surface area contributed by atoms with E-state index in [1.54, 1.807) is 32.6 Å². The van der Waals surface area contributed by atoms with Gasteiger partial charge in [0, 0.05) is 39.6 Å². The second-order valence-corrected chi connectivity index (χ2v) is 7.19. The highest BCUT2D eigenvalue weighted by Crippen LogP contribution is 2.09. The van der Waals surface area contributed by atoms with Gasteiger partial charge in [-0.05, 0) is 37.6 Å². The summed E-state index contributed by atoms with van der Waals surface area (Å²) in [4.78, 5) is 4.00. The maximum atomic E-state index is 12.4. The molecule has 0 bridgehead atoms. The molecule has 21 heavy (non-hydrogen) atoms. The number of hydrogen-bond acceptors (Lipinski definition) is 4. The summed E-state index contributed by atoms with van der Waals surface area (Å²) in [5.41, 5.74) is 0.876. The number of rotatable bonds is 10. The smallest absolute Gasteiger partial charge is 0.281 e. The number of nitrogens with zero attached hydrogens (tertiary/aromatic N) is 3. The molecule has 0 amide bonds. The van der Waals surface area contributed by atoms with Crippen LogP contribution in [-0.4, -0.2) is 55.7 Å². The van der Waals surface area contributed by atoms with E-state index in [2.05, 4.69) is 17.2 Å². The Bertz CT molecular complexity index is 493. The summed E-state index contributed by atoms with van der Waals surface area (Å²) in [5.74, 6) is 0. The highest BCUT2D eigenvalue weighted by atomic mass is 32.2. The molecule has 0 aliphatic heterocycles. The molecule has 1 aromatic rings. The summed E-state index contributed by atoms with van der Waals surface area (Å²) in [7, 11) is -0.207. The minimum atomic E-state index is -3.42. The van der Waals surface area contributed by atoms with Crippen molar-refractivity contribution in [2.75, 3.05) is 33.7 Å². The minimum absolute atomic E-state index is 0.328. The Balaban J connectivity index is 2.46. The Morgan fingerprint density at radius 1 is 1.24 bits per heavy atom. The van der Waals surface area contributed by atoms with E-state index in [9.17, 15) is 8.42 Å². The first-order valence-corrected chi connectivity index (χ1v) is 8.65. The number of hydrogen-bond donors (Lipinski definition) is 1. The molecule has 7 heteroatoms. The molecule has 0 fully saturated rings. The van der Waals surface area contributed by atoms with Crippen molar-refractivity contribution in [2.45, 2.75) is 26.3 Å². The largest absolute Gasteiger partial charge is 0.317 e. The quantitative estimate of drug-likeness (QED) is 0.656. The van der Waals surface area contributed by atoms with Gasteiger partial charge in [-0.25, -0.2) is 0 Å². The Labute approximate surface area is 128 Å². The Morgan fingerprint density at radius 3 is 2.62 bits per heavy atom. The van der Waals surface area contributed by atoms with E-state index in [1.165, 1.54) is 8.61 Å². The SMILES string of the molecule is CCCNCCCN(C)S(=O)(=O)N(C)Cc1cccnc1. The molecule has 0 aliphatic rings. The van der Waals surface area contributed by atoms with Crippen LogP contribution >= 0.6 is 0 Å². The third kappa shape index (κ3) is 6.09. The van der Waals surface area contributed by atoms with Gasteiger partial charge < -0.3 is 5.32 Å². The van der Waals surface area contributed by atoms with Crippen LogP contribution in [0.2, 0.25) is 0 Å². The second-order valence-electron chi connectivity index (χ2n) is 5.05. The fraction of sp³-hybridized carbons (Fsp3) is 0.643. The summed E-state index contributed by atoms with van der Waals surface area (Å²) in [6.07, 6.45) is 5.24. The van der Waals surface area contributed by atoms with Gasteiger partial charge in [0.05, 0.1) is 0 Å². The van der Waals surface area contributed by atoms with E-state index in [-0.39, 0.29) is 0 Å². The highest BCUT2D eigenvalue weighted by molar-refractivity contribution is 7.86. The number of aromatic nitrogens is 1. The summed E-state index contributed by atoms with van der Waals surface area (Å²) in [5, 5.41) is 3.27. The lowest BCUT2D eigenvalue weighted by molar-refractivity contribution is 0.384.